The zero-order valence-electron chi connectivity index (χ0n) is 12.8. The molecule has 122 valence electrons. The summed E-state index contributed by atoms with van der Waals surface area (Å²) in [5.41, 5.74) is 0.702. The highest BCUT2D eigenvalue weighted by Crippen LogP contribution is 2.32. The van der Waals surface area contributed by atoms with Gasteiger partial charge >= 0.3 is 0 Å². The minimum absolute atomic E-state index is 0.109. The topological polar surface area (TPSA) is 72.2 Å². The number of benzene rings is 2. The van der Waals surface area contributed by atoms with Crippen molar-refractivity contribution in [2.24, 2.45) is 0 Å². The Balaban J connectivity index is 2.12. The van der Waals surface area contributed by atoms with Crippen LogP contribution >= 0.6 is 0 Å². The van der Waals surface area contributed by atoms with Crippen molar-refractivity contribution < 1.29 is 12.8 Å². The van der Waals surface area contributed by atoms with Crippen LogP contribution in [0.4, 0.5) is 5.88 Å². The maximum absolute atomic E-state index is 12.9. The first kappa shape index (κ1) is 16.0. The van der Waals surface area contributed by atoms with Crippen LogP contribution in [-0.4, -0.2) is 19.9 Å². The summed E-state index contributed by atoms with van der Waals surface area (Å²) in [6.07, 6.45) is 1.61. The summed E-state index contributed by atoms with van der Waals surface area (Å²) in [5, 5.41) is 2.77. The first-order valence-electron chi connectivity index (χ1n) is 7.34. The van der Waals surface area contributed by atoms with Gasteiger partial charge in [0.1, 0.15) is 0 Å². The fourth-order valence-electron chi connectivity index (χ4n) is 2.18. The molecule has 6 heteroatoms. The average Bonchev–Trinajstić information content (AvgIpc) is 3.06. The van der Waals surface area contributed by atoms with Gasteiger partial charge in [-0.25, -0.2) is 8.42 Å². The monoisotopic (exact) mass is 340 g/mol. The molecule has 0 saturated heterocycles. The third-order valence-electron chi connectivity index (χ3n) is 3.33. The number of rotatable bonds is 6. The zero-order valence-corrected chi connectivity index (χ0v) is 13.7. The number of hydrogen-bond donors (Lipinski definition) is 1. The summed E-state index contributed by atoms with van der Waals surface area (Å²) in [4.78, 5) is 4.40. The van der Waals surface area contributed by atoms with Crippen LogP contribution in [0.15, 0.2) is 87.7 Å². The molecule has 0 aliphatic carbocycles. The van der Waals surface area contributed by atoms with E-state index in [2.05, 4.69) is 16.9 Å². The van der Waals surface area contributed by atoms with Gasteiger partial charge in [-0.1, -0.05) is 42.5 Å². The van der Waals surface area contributed by atoms with Crippen LogP contribution in [0.5, 0.6) is 0 Å². The Hall–Kier alpha value is -2.86. The maximum atomic E-state index is 12.9. The molecular weight excluding hydrogens is 324 g/mol. The van der Waals surface area contributed by atoms with Crippen molar-refractivity contribution in [2.45, 2.75) is 9.92 Å². The molecule has 3 aromatic rings. The SMILES string of the molecule is C=CCNc1oc(-c2ccccc2)nc1S(=O)(=O)c1ccccc1. The average molecular weight is 340 g/mol. The molecule has 0 unspecified atom stereocenters. The van der Waals surface area contributed by atoms with E-state index in [0.717, 1.165) is 0 Å². The molecule has 0 aliphatic heterocycles. The van der Waals surface area contributed by atoms with Gasteiger partial charge in [0.25, 0.3) is 0 Å². The molecule has 0 amide bonds. The van der Waals surface area contributed by atoms with Crippen LogP contribution < -0.4 is 5.32 Å². The number of anilines is 1. The highest BCUT2D eigenvalue weighted by Gasteiger charge is 2.28. The summed E-state index contributed by atoms with van der Waals surface area (Å²) in [7, 11) is -3.79. The standard InChI is InChI=1S/C18H16N2O3S/c1-2-13-19-17-18(24(21,22)15-11-7-4-8-12-15)20-16(23-17)14-9-5-3-6-10-14/h2-12,19H,1,13H2. The van der Waals surface area contributed by atoms with Gasteiger partial charge in [-0.2, -0.15) is 4.98 Å². The number of nitrogens with one attached hydrogen (secondary N) is 1. The first-order valence-corrected chi connectivity index (χ1v) is 8.82. The molecule has 0 fully saturated rings. The molecular formula is C18H16N2O3S. The van der Waals surface area contributed by atoms with E-state index < -0.39 is 9.84 Å². The Morgan fingerprint density at radius 1 is 1.04 bits per heavy atom. The Bertz CT molecular complexity index is 933. The lowest BCUT2D eigenvalue weighted by Gasteiger charge is -2.03. The largest absolute Gasteiger partial charge is 0.419 e. The van der Waals surface area contributed by atoms with E-state index in [9.17, 15) is 8.42 Å². The second kappa shape index (κ2) is 6.72. The van der Waals surface area contributed by atoms with E-state index in [1.807, 2.05) is 30.3 Å². The Morgan fingerprint density at radius 3 is 2.29 bits per heavy atom. The van der Waals surface area contributed by atoms with E-state index in [0.29, 0.717) is 12.1 Å². The Labute approximate surface area is 140 Å². The van der Waals surface area contributed by atoms with Gasteiger partial charge in [-0.15, -0.1) is 6.58 Å². The summed E-state index contributed by atoms with van der Waals surface area (Å²) in [5.74, 6) is 0.356. The summed E-state index contributed by atoms with van der Waals surface area (Å²) in [6.45, 7) is 3.98. The number of sulfone groups is 1. The molecule has 3 rings (SSSR count). The second-order valence-corrected chi connectivity index (χ2v) is 6.87. The van der Waals surface area contributed by atoms with Crippen molar-refractivity contribution in [1.29, 1.82) is 0 Å². The molecule has 0 radical (unpaired) electrons. The molecule has 24 heavy (non-hydrogen) atoms. The second-order valence-electron chi connectivity index (χ2n) is 5.01. The van der Waals surface area contributed by atoms with E-state index in [4.69, 9.17) is 4.42 Å². The van der Waals surface area contributed by atoms with Gasteiger partial charge in [0.05, 0.1) is 4.90 Å². The summed E-state index contributed by atoms with van der Waals surface area (Å²) in [6, 6.07) is 17.3. The van der Waals surface area contributed by atoms with Gasteiger partial charge in [0, 0.05) is 12.1 Å². The molecule has 1 aromatic heterocycles. The minimum atomic E-state index is -3.79. The molecule has 1 N–H and O–H groups in total. The summed E-state index contributed by atoms with van der Waals surface area (Å²) < 4.78 is 31.4. The third kappa shape index (κ3) is 3.09. The van der Waals surface area contributed by atoms with E-state index in [-0.39, 0.29) is 21.7 Å². The molecule has 0 bridgehead atoms. The van der Waals surface area contributed by atoms with Crippen molar-refractivity contribution in [3.63, 3.8) is 0 Å². The van der Waals surface area contributed by atoms with Gasteiger partial charge in [-0.3, -0.25) is 0 Å². The van der Waals surface area contributed by atoms with Gasteiger partial charge in [0.15, 0.2) is 0 Å². The van der Waals surface area contributed by atoms with E-state index in [1.54, 1.807) is 24.3 Å². The van der Waals surface area contributed by atoms with Crippen molar-refractivity contribution in [3.05, 3.63) is 73.3 Å². The molecule has 0 aliphatic rings. The zero-order chi connectivity index (χ0) is 17.0. The lowest BCUT2D eigenvalue weighted by molar-refractivity contribution is 0.579. The molecule has 1 heterocycles. The van der Waals surface area contributed by atoms with Crippen LogP contribution in [0.3, 0.4) is 0 Å². The van der Waals surface area contributed by atoms with Crippen LogP contribution in [-0.2, 0) is 9.84 Å². The van der Waals surface area contributed by atoms with Crippen molar-refractivity contribution in [2.75, 3.05) is 11.9 Å². The van der Waals surface area contributed by atoms with Gasteiger partial charge in [0.2, 0.25) is 26.6 Å². The highest BCUT2D eigenvalue weighted by molar-refractivity contribution is 7.91. The number of nitrogens with zero attached hydrogens (tertiary/aromatic N) is 1. The van der Waals surface area contributed by atoms with Crippen molar-refractivity contribution in [3.8, 4) is 11.5 Å². The first-order chi connectivity index (χ1) is 11.6. The predicted molar refractivity (Wildman–Crippen MR) is 92.5 cm³/mol. The molecule has 0 atom stereocenters. The fraction of sp³-hybridized carbons (Fsp3) is 0.0556. The molecule has 2 aromatic carbocycles. The maximum Gasteiger partial charge on any atom is 0.234 e. The molecule has 5 nitrogen and oxygen atoms in total. The van der Waals surface area contributed by atoms with E-state index >= 15 is 0 Å². The lowest BCUT2D eigenvalue weighted by atomic mass is 10.2. The van der Waals surface area contributed by atoms with Gasteiger partial charge in [-0.05, 0) is 24.3 Å². The quantitative estimate of drug-likeness (QED) is 0.692. The number of oxazole rings is 1. The summed E-state index contributed by atoms with van der Waals surface area (Å²) >= 11 is 0. The lowest BCUT2D eigenvalue weighted by Crippen LogP contribution is -2.07. The van der Waals surface area contributed by atoms with E-state index in [1.165, 1.54) is 12.1 Å². The van der Waals surface area contributed by atoms with Gasteiger partial charge < -0.3 is 9.73 Å². The molecule has 0 saturated carbocycles. The Kier molecular flexibility index (Phi) is 4.48. The predicted octanol–water partition coefficient (Wildman–Crippen LogP) is 3.77. The van der Waals surface area contributed by atoms with Crippen LogP contribution in [0, 0.1) is 0 Å². The van der Waals surface area contributed by atoms with Crippen molar-refractivity contribution >= 4 is 15.7 Å². The third-order valence-corrected chi connectivity index (χ3v) is 5.01. The smallest absolute Gasteiger partial charge is 0.234 e. The minimum Gasteiger partial charge on any atom is -0.419 e. The highest BCUT2D eigenvalue weighted by atomic mass is 32.2. The number of aromatic nitrogens is 1. The normalized spacial score (nSPS) is 11.2. The van der Waals surface area contributed by atoms with Crippen LogP contribution in [0.25, 0.3) is 11.5 Å². The number of hydrogen-bond acceptors (Lipinski definition) is 5. The van der Waals surface area contributed by atoms with Crippen LogP contribution in [0.2, 0.25) is 0 Å². The van der Waals surface area contributed by atoms with Crippen LogP contribution in [0.1, 0.15) is 0 Å². The Morgan fingerprint density at radius 2 is 1.67 bits per heavy atom. The fourth-order valence-corrected chi connectivity index (χ4v) is 3.48. The molecule has 0 spiro atoms. The van der Waals surface area contributed by atoms with Crippen molar-refractivity contribution in [1.82, 2.24) is 4.98 Å².